The molecule has 0 bridgehead atoms. The van der Waals surface area contributed by atoms with E-state index in [-0.39, 0.29) is 0 Å². The average Bonchev–Trinajstić information content (AvgIpc) is 2.67. The van der Waals surface area contributed by atoms with Crippen LogP contribution in [0.2, 0.25) is 0 Å². The summed E-state index contributed by atoms with van der Waals surface area (Å²) in [4.78, 5) is 4.51. The second-order valence-corrected chi connectivity index (χ2v) is 5.24. The van der Waals surface area contributed by atoms with Gasteiger partial charge in [0.25, 0.3) is 0 Å². The van der Waals surface area contributed by atoms with Gasteiger partial charge in [-0.1, -0.05) is 25.1 Å². The van der Waals surface area contributed by atoms with Crippen LogP contribution in [0.5, 0.6) is 0 Å². The molecule has 80 valence electrons. The first-order valence-corrected chi connectivity index (χ1v) is 6.49. The van der Waals surface area contributed by atoms with Crippen molar-refractivity contribution in [3.63, 3.8) is 0 Å². The molecule has 1 atom stereocenters. The number of aliphatic imine (C=N–C) groups is 1. The lowest BCUT2D eigenvalue weighted by Crippen LogP contribution is -2.43. The molecule has 2 aliphatic heterocycles. The third kappa shape index (κ3) is 2.64. The molecule has 1 fully saturated rings. The van der Waals surface area contributed by atoms with Gasteiger partial charge in [0, 0.05) is 18.3 Å². The normalized spacial score (nSPS) is 28.9. The van der Waals surface area contributed by atoms with E-state index in [0.717, 1.165) is 11.7 Å². The Morgan fingerprint density at radius 1 is 1.43 bits per heavy atom. The van der Waals surface area contributed by atoms with E-state index in [9.17, 15) is 0 Å². The Balaban J connectivity index is 1.75. The predicted molar refractivity (Wildman–Crippen MR) is 62.5 cm³/mol. The first-order valence-electron chi connectivity index (χ1n) is 5.61. The predicted octanol–water partition coefficient (Wildman–Crippen LogP) is 1.86. The van der Waals surface area contributed by atoms with Crippen LogP contribution in [-0.4, -0.2) is 35.1 Å². The zero-order valence-electron chi connectivity index (χ0n) is 8.83. The van der Waals surface area contributed by atoms with Gasteiger partial charge < -0.3 is 0 Å². The van der Waals surface area contributed by atoms with Crippen molar-refractivity contribution in [3.05, 3.63) is 0 Å². The van der Waals surface area contributed by atoms with Gasteiger partial charge in [-0.2, -0.15) is 0 Å². The van der Waals surface area contributed by atoms with Crippen molar-refractivity contribution in [1.29, 1.82) is 0 Å². The summed E-state index contributed by atoms with van der Waals surface area (Å²) in [5, 5.41) is 4.16. The Hall–Kier alpha value is -0.220. The fourth-order valence-electron chi connectivity index (χ4n) is 1.83. The van der Waals surface area contributed by atoms with Gasteiger partial charge in [-0.25, -0.2) is 5.01 Å². The molecule has 0 spiro atoms. The molecule has 3 nitrogen and oxygen atoms in total. The smallest absolute Gasteiger partial charge is 0.171 e. The fourth-order valence-corrected chi connectivity index (χ4v) is 2.79. The highest BCUT2D eigenvalue weighted by molar-refractivity contribution is 8.14. The largest absolute Gasteiger partial charge is 0.298 e. The van der Waals surface area contributed by atoms with Crippen molar-refractivity contribution < 1.29 is 0 Å². The summed E-state index contributed by atoms with van der Waals surface area (Å²) in [6.45, 7) is 5.58. The molecule has 2 heterocycles. The fraction of sp³-hybridized carbons (Fsp3) is 0.900. The third-order valence-corrected chi connectivity index (χ3v) is 4.04. The highest BCUT2D eigenvalue weighted by Crippen LogP contribution is 2.22. The minimum absolute atomic E-state index is 0.710. The van der Waals surface area contributed by atoms with Crippen LogP contribution in [0.15, 0.2) is 4.99 Å². The van der Waals surface area contributed by atoms with Crippen molar-refractivity contribution in [3.8, 4) is 0 Å². The number of nitrogens with one attached hydrogen (secondary N) is 1. The molecule has 0 saturated carbocycles. The lowest BCUT2D eigenvalue weighted by Gasteiger charge is -2.27. The lowest BCUT2D eigenvalue weighted by molar-refractivity contribution is 0.196. The van der Waals surface area contributed by atoms with Gasteiger partial charge in [0.1, 0.15) is 0 Å². The van der Waals surface area contributed by atoms with Crippen LogP contribution in [0.25, 0.3) is 0 Å². The zero-order valence-corrected chi connectivity index (χ0v) is 9.65. The van der Waals surface area contributed by atoms with E-state index in [1.54, 1.807) is 0 Å². The van der Waals surface area contributed by atoms with Crippen LogP contribution in [0.4, 0.5) is 0 Å². The SMILES string of the molecule is CCC1CN=C(NN2CCCCC2)S1. The van der Waals surface area contributed by atoms with E-state index < -0.39 is 0 Å². The molecule has 1 saturated heterocycles. The van der Waals surface area contributed by atoms with E-state index in [4.69, 9.17) is 0 Å². The summed E-state index contributed by atoms with van der Waals surface area (Å²) < 4.78 is 0. The zero-order chi connectivity index (χ0) is 9.80. The quantitative estimate of drug-likeness (QED) is 0.758. The Kier molecular flexibility index (Phi) is 3.70. The second kappa shape index (κ2) is 5.03. The van der Waals surface area contributed by atoms with Gasteiger partial charge in [0.05, 0.1) is 6.54 Å². The van der Waals surface area contributed by atoms with Crippen molar-refractivity contribution in [2.75, 3.05) is 19.6 Å². The van der Waals surface area contributed by atoms with Crippen LogP contribution < -0.4 is 5.43 Å². The van der Waals surface area contributed by atoms with E-state index in [2.05, 4.69) is 22.4 Å². The standard InChI is InChI=1S/C10H19N3S/c1-2-9-8-11-10(14-9)12-13-6-4-3-5-7-13/h9H,2-8H2,1H3,(H,11,12). The molecule has 0 aliphatic carbocycles. The monoisotopic (exact) mass is 213 g/mol. The first kappa shape index (κ1) is 10.3. The number of piperidine rings is 1. The Morgan fingerprint density at radius 2 is 2.21 bits per heavy atom. The molecule has 0 aromatic rings. The van der Waals surface area contributed by atoms with E-state index in [1.807, 2.05) is 11.8 Å². The second-order valence-electron chi connectivity index (χ2n) is 3.95. The maximum absolute atomic E-state index is 4.51. The molecular formula is C10H19N3S. The maximum Gasteiger partial charge on any atom is 0.171 e. The van der Waals surface area contributed by atoms with E-state index in [1.165, 1.54) is 38.8 Å². The van der Waals surface area contributed by atoms with Crippen LogP contribution in [0.1, 0.15) is 32.6 Å². The molecule has 0 aromatic carbocycles. The van der Waals surface area contributed by atoms with Crippen molar-refractivity contribution in [2.24, 2.45) is 4.99 Å². The molecule has 2 aliphatic rings. The van der Waals surface area contributed by atoms with Crippen LogP contribution in [0.3, 0.4) is 0 Å². The molecular weight excluding hydrogens is 194 g/mol. The maximum atomic E-state index is 4.51. The lowest BCUT2D eigenvalue weighted by atomic mass is 10.2. The summed E-state index contributed by atoms with van der Waals surface area (Å²) in [7, 11) is 0. The van der Waals surface area contributed by atoms with Gasteiger partial charge in [-0.15, -0.1) is 0 Å². The molecule has 0 aromatic heterocycles. The first-order chi connectivity index (χ1) is 6.88. The Morgan fingerprint density at radius 3 is 2.86 bits per heavy atom. The Labute approximate surface area is 90.3 Å². The number of hydrogen-bond acceptors (Lipinski definition) is 4. The van der Waals surface area contributed by atoms with Crippen molar-refractivity contribution in [1.82, 2.24) is 10.4 Å². The summed E-state index contributed by atoms with van der Waals surface area (Å²) in [5.74, 6) is 0. The van der Waals surface area contributed by atoms with Crippen molar-refractivity contribution in [2.45, 2.75) is 37.9 Å². The highest BCUT2D eigenvalue weighted by atomic mass is 32.2. The number of hydrogen-bond donors (Lipinski definition) is 1. The van der Waals surface area contributed by atoms with Gasteiger partial charge in [0.2, 0.25) is 0 Å². The van der Waals surface area contributed by atoms with E-state index in [0.29, 0.717) is 5.25 Å². The third-order valence-electron chi connectivity index (χ3n) is 2.78. The topological polar surface area (TPSA) is 27.6 Å². The molecule has 4 heteroatoms. The number of nitrogens with zero attached hydrogens (tertiary/aromatic N) is 2. The average molecular weight is 213 g/mol. The van der Waals surface area contributed by atoms with Crippen LogP contribution >= 0.6 is 11.8 Å². The highest BCUT2D eigenvalue weighted by Gasteiger charge is 2.20. The molecule has 2 rings (SSSR count). The summed E-state index contributed by atoms with van der Waals surface area (Å²) in [5.41, 5.74) is 3.43. The molecule has 14 heavy (non-hydrogen) atoms. The summed E-state index contributed by atoms with van der Waals surface area (Å²) >= 11 is 1.90. The van der Waals surface area contributed by atoms with Crippen molar-refractivity contribution >= 4 is 16.9 Å². The van der Waals surface area contributed by atoms with Gasteiger partial charge in [-0.3, -0.25) is 10.4 Å². The number of rotatable bonds is 2. The van der Waals surface area contributed by atoms with Crippen LogP contribution in [0, 0.1) is 0 Å². The van der Waals surface area contributed by atoms with Gasteiger partial charge >= 0.3 is 0 Å². The van der Waals surface area contributed by atoms with Crippen LogP contribution in [-0.2, 0) is 0 Å². The van der Waals surface area contributed by atoms with E-state index >= 15 is 0 Å². The van der Waals surface area contributed by atoms with Gasteiger partial charge in [0.15, 0.2) is 5.17 Å². The molecule has 1 N–H and O–H groups in total. The molecule has 0 amide bonds. The number of thioether (sulfide) groups is 1. The molecule has 1 unspecified atom stereocenters. The summed E-state index contributed by atoms with van der Waals surface area (Å²) in [6, 6.07) is 0. The minimum Gasteiger partial charge on any atom is -0.298 e. The van der Waals surface area contributed by atoms with Gasteiger partial charge in [-0.05, 0) is 19.3 Å². The minimum atomic E-state index is 0.710. The summed E-state index contributed by atoms with van der Waals surface area (Å²) in [6.07, 6.45) is 5.25. The number of amidine groups is 1. The molecule has 0 radical (unpaired) electrons. The number of hydrazine groups is 1. The Bertz CT molecular complexity index is 211.